The van der Waals surface area contributed by atoms with Crippen LogP contribution in [-0.2, 0) is 4.74 Å². The Morgan fingerprint density at radius 1 is 1.23 bits per heavy atom. The Balaban J connectivity index is 2.06. The number of nitrogens with one attached hydrogen (secondary N) is 1. The van der Waals surface area contributed by atoms with Gasteiger partial charge in [-0.25, -0.2) is 14.6 Å². The lowest BCUT2D eigenvalue weighted by atomic mass is 10.2. The van der Waals surface area contributed by atoms with Gasteiger partial charge >= 0.3 is 12.1 Å². The van der Waals surface area contributed by atoms with Crippen molar-refractivity contribution in [3.8, 4) is 10.6 Å². The highest BCUT2D eigenvalue weighted by atomic mass is 32.1. The molecule has 0 bridgehead atoms. The lowest BCUT2D eigenvalue weighted by Gasteiger charge is -2.19. The van der Waals surface area contributed by atoms with E-state index in [2.05, 4.69) is 10.3 Å². The third kappa shape index (κ3) is 4.29. The molecule has 1 aromatic heterocycles. The molecule has 0 spiro atoms. The number of carbonyl (C=O) groups is 2. The van der Waals surface area contributed by atoms with E-state index in [0.29, 0.717) is 10.7 Å². The van der Waals surface area contributed by atoms with Gasteiger partial charge in [-0.2, -0.15) is 0 Å². The molecule has 0 aliphatic heterocycles. The van der Waals surface area contributed by atoms with E-state index in [1.54, 1.807) is 45.0 Å². The molecule has 1 amide bonds. The van der Waals surface area contributed by atoms with Gasteiger partial charge in [-0.15, -0.1) is 11.3 Å². The third-order valence-electron chi connectivity index (χ3n) is 2.49. The molecular weight excluding hydrogens is 304 g/mol. The van der Waals surface area contributed by atoms with E-state index in [1.165, 1.54) is 6.20 Å². The third-order valence-corrected chi connectivity index (χ3v) is 3.53. The van der Waals surface area contributed by atoms with Crippen molar-refractivity contribution in [1.29, 1.82) is 0 Å². The lowest BCUT2D eigenvalue weighted by Crippen LogP contribution is -2.27. The molecule has 22 heavy (non-hydrogen) atoms. The fourth-order valence-electron chi connectivity index (χ4n) is 1.62. The summed E-state index contributed by atoms with van der Waals surface area (Å²) in [6, 6.07) is 6.94. The van der Waals surface area contributed by atoms with Gasteiger partial charge in [0, 0.05) is 11.3 Å². The van der Waals surface area contributed by atoms with Crippen LogP contribution in [0.4, 0.5) is 10.5 Å². The maximum absolute atomic E-state index is 11.7. The molecule has 0 aliphatic rings. The maximum Gasteiger partial charge on any atom is 0.412 e. The summed E-state index contributed by atoms with van der Waals surface area (Å²) in [4.78, 5) is 26.8. The fourth-order valence-corrected chi connectivity index (χ4v) is 2.38. The molecule has 6 nitrogen and oxygen atoms in total. The molecule has 116 valence electrons. The van der Waals surface area contributed by atoms with Gasteiger partial charge in [0.15, 0.2) is 0 Å². The predicted octanol–water partition coefficient (Wildman–Crippen LogP) is 3.86. The van der Waals surface area contributed by atoms with Gasteiger partial charge in [-0.05, 0) is 45.0 Å². The second-order valence-electron chi connectivity index (χ2n) is 5.54. The van der Waals surface area contributed by atoms with E-state index < -0.39 is 17.7 Å². The Hall–Kier alpha value is -2.41. The number of carbonyl (C=O) groups excluding carboxylic acids is 1. The number of benzene rings is 1. The number of thiazole rings is 1. The van der Waals surface area contributed by atoms with Crippen LogP contribution in [0.2, 0.25) is 0 Å². The van der Waals surface area contributed by atoms with Crippen molar-refractivity contribution >= 4 is 29.1 Å². The van der Waals surface area contributed by atoms with E-state index in [-0.39, 0.29) is 4.88 Å². The molecule has 0 fully saturated rings. The van der Waals surface area contributed by atoms with E-state index in [1.807, 2.05) is 0 Å². The van der Waals surface area contributed by atoms with Crippen molar-refractivity contribution in [3.63, 3.8) is 0 Å². The summed E-state index contributed by atoms with van der Waals surface area (Å²) in [5.41, 5.74) is 0.818. The number of hydrogen-bond donors (Lipinski definition) is 2. The summed E-state index contributed by atoms with van der Waals surface area (Å²) in [6.07, 6.45) is 0.803. The summed E-state index contributed by atoms with van der Waals surface area (Å²) in [7, 11) is 0. The smallest absolute Gasteiger partial charge is 0.412 e. The van der Waals surface area contributed by atoms with Gasteiger partial charge in [0.25, 0.3) is 0 Å². The Bertz CT molecular complexity index is 686. The fraction of sp³-hybridized carbons (Fsp3) is 0.267. The quantitative estimate of drug-likeness (QED) is 0.896. The highest BCUT2D eigenvalue weighted by Gasteiger charge is 2.16. The van der Waals surface area contributed by atoms with Crippen LogP contribution in [0.15, 0.2) is 30.5 Å². The number of aromatic nitrogens is 1. The van der Waals surface area contributed by atoms with Crippen molar-refractivity contribution in [2.75, 3.05) is 5.32 Å². The lowest BCUT2D eigenvalue weighted by molar-refractivity contribution is 0.0634. The average molecular weight is 320 g/mol. The first-order valence-electron chi connectivity index (χ1n) is 6.54. The van der Waals surface area contributed by atoms with Crippen molar-refractivity contribution < 1.29 is 19.4 Å². The second-order valence-corrected chi connectivity index (χ2v) is 6.57. The minimum absolute atomic E-state index is 0.186. The number of anilines is 1. The molecule has 0 aliphatic carbocycles. The highest BCUT2D eigenvalue weighted by Crippen LogP contribution is 2.26. The first kappa shape index (κ1) is 16.0. The molecule has 0 unspecified atom stereocenters. The second kappa shape index (κ2) is 6.15. The van der Waals surface area contributed by atoms with Crippen molar-refractivity contribution in [1.82, 2.24) is 4.98 Å². The number of rotatable bonds is 3. The Morgan fingerprint density at radius 3 is 2.36 bits per heavy atom. The number of carboxylic acids is 1. The van der Waals surface area contributed by atoms with E-state index in [4.69, 9.17) is 9.84 Å². The number of hydrogen-bond acceptors (Lipinski definition) is 5. The summed E-state index contributed by atoms with van der Waals surface area (Å²) < 4.78 is 5.16. The standard InChI is InChI=1S/C15H16N2O4S/c1-15(2,3)21-14(20)17-10-6-4-9(5-7-10)12-16-8-11(22-12)13(18)19/h4-8H,1-3H3,(H,17,20)(H,18,19). The zero-order valence-electron chi connectivity index (χ0n) is 12.4. The van der Waals surface area contributed by atoms with E-state index in [0.717, 1.165) is 16.9 Å². The molecular formula is C15H16N2O4S. The molecule has 2 aromatic rings. The van der Waals surface area contributed by atoms with Gasteiger partial charge < -0.3 is 9.84 Å². The molecule has 2 rings (SSSR count). The highest BCUT2D eigenvalue weighted by molar-refractivity contribution is 7.16. The van der Waals surface area contributed by atoms with Crippen LogP contribution in [0, 0.1) is 0 Å². The molecule has 1 aromatic carbocycles. The minimum Gasteiger partial charge on any atom is -0.477 e. The normalized spacial score (nSPS) is 11.0. The van der Waals surface area contributed by atoms with Gasteiger partial charge in [0.1, 0.15) is 15.5 Å². The van der Waals surface area contributed by atoms with Gasteiger partial charge in [-0.3, -0.25) is 5.32 Å². The summed E-state index contributed by atoms with van der Waals surface area (Å²) >= 11 is 1.10. The number of carboxylic acid groups (broad SMARTS) is 1. The van der Waals surface area contributed by atoms with Crippen LogP contribution in [0.1, 0.15) is 30.4 Å². The largest absolute Gasteiger partial charge is 0.477 e. The molecule has 0 atom stereocenters. The van der Waals surface area contributed by atoms with Crippen LogP contribution < -0.4 is 5.32 Å². The number of aromatic carboxylic acids is 1. The number of amides is 1. The Labute approximate surface area is 131 Å². The number of ether oxygens (including phenoxy) is 1. The molecule has 7 heteroatoms. The van der Waals surface area contributed by atoms with Crippen LogP contribution in [0.25, 0.3) is 10.6 Å². The molecule has 0 saturated heterocycles. The predicted molar refractivity (Wildman–Crippen MR) is 84.4 cm³/mol. The van der Waals surface area contributed by atoms with Gasteiger partial charge in [-0.1, -0.05) is 0 Å². The van der Waals surface area contributed by atoms with E-state index in [9.17, 15) is 9.59 Å². The van der Waals surface area contributed by atoms with Crippen LogP contribution >= 0.6 is 11.3 Å². The van der Waals surface area contributed by atoms with E-state index >= 15 is 0 Å². The summed E-state index contributed by atoms with van der Waals surface area (Å²) in [5, 5.41) is 12.1. The SMILES string of the molecule is CC(C)(C)OC(=O)Nc1ccc(-c2ncc(C(=O)O)s2)cc1. The van der Waals surface area contributed by atoms with Crippen LogP contribution in [0.5, 0.6) is 0 Å². The maximum atomic E-state index is 11.7. The number of nitrogens with zero attached hydrogens (tertiary/aromatic N) is 1. The zero-order valence-corrected chi connectivity index (χ0v) is 13.2. The minimum atomic E-state index is -0.994. The summed E-state index contributed by atoms with van der Waals surface area (Å²) in [5.74, 6) is -0.994. The first-order chi connectivity index (χ1) is 10.2. The molecule has 0 saturated carbocycles. The van der Waals surface area contributed by atoms with Gasteiger partial charge in [0.2, 0.25) is 0 Å². The van der Waals surface area contributed by atoms with Crippen LogP contribution in [-0.4, -0.2) is 27.8 Å². The molecule has 2 N–H and O–H groups in total. The monoisotopic (exact) mass is 320 g/mol. The van der Waals surface area contributed by atoms with Crippen molar-refractivity contribution in [3.05, 3.63) is 35.3 Å². The van der Waals surface area contributed by atoms with Crippen molar-refractivity contribution in [2.24, 2.45) is 0 Å². The first-order valence-corrected chi connectivity index (χ1v) is 7.36. The van der Waals surface area contributed by atoms with Crippen molar-refractivity contribution in [2.45, 2.75) is 26.4 Å². The Morgan fingerprint density at radius 2 is 1.86 bits per heavy atom. The average Bonchev–Trinajstić information content (AvgIpc) is 2.87. The zero-order chi connectivity index (χ0) is 16.3. The summed E-state index contributed by atoms with van der Waals surface area (Å²) in [6.45, 7) is 5.37. The molecule has 0 radical (unpaired) electrons. The topological polar surface area (TPSA) is 88.5 Å². The van der Waals surface area contributed by atoms with Crippen LogP contribution in [0.3, 0.4) is 0 Å². The molecule has 1 heterocycles. The Kier molecular flexibility index (Phi) is 4.46. The van der Waals surface area contributed by atoms with Gasteiger partial charge in [0.05, 0.1) is 6.20 Å².